The molecule has 60 heavy (non-hydrogen) atoms. The van der Waals surface area contributed by atoms with Crippen molar-refractivity contribution in [3.8, 4) is 44.5 Å². The lowest BCUT2D eigenvalue weighted by atomic mass is 9.78. The van der Waals surface area contributed by atoms with Gasteiger partial charge in [-0.2, -0.15) is 0 Å². The van der Waals surface area contributed by atoms with Gasteiger partial charge in [-0.1, -0.05) is 146 Å². The number of H-pyrrole nitrogens is 4. The van der Waals surface area contributed by atoms with Gasteiger partial charge in [0.2, 0.25) is 0 Å². The third kappa shape index (κ3) is 5.38. The number of rotatable bonds is 4. The van der Waals surface area contributed by atoms with Crippen LogP contribution in [0.3, 0.4) is 0 Å². The number of aromatic amines is 4. The van der Waals surface area contributed by atoms with E-state index in [1.165, 1.54) is 0 Å². The fraction of sp³-hybridized carbons (Fsp3) is 0.0769. The van der Waals surface area contributed by atoms with Crippen molar-refractivity contribution in [1.82, 2.24) is 20.4 Å². The monoisotopic (exact) mass is 780 g/mol. The van der Waals surface area contributed by atoms with Crippen molar-refractivity contribution in [3.63, 3.8) is 0 Å². The molecule has 0 amide bonds. The van der Waals surface area contributed by atoms with Gasteiger partial charge >= 0.3 is 0 Å². The Hall–Kier alpha value is -7.84. The van der Waals surface area contributed by atoms with Crippen LogP contribution in [0.5, 0.6) is 0 Å². The van der Waals surface area contributed by atoms with E-state index in [-0.39, 0.29) is 22.2 Å². The molecule has 288 valence electrons. The second-order valence-electron chi connectivity index (χ2n) is 15.5. The maximum absolute atomic E-state index is 14.2. The summed E-state index contributed by atoms with van der Waals surface area (Å²) in [6, 6.07) is 48.3. The van der Waals surface area contributed by atoms with Crippen molar-refractivity contribution >= 4 is 43.1 Å². The molecule has 2 aliphatic rings. The van der Waals surface area contributed by atoms with Crippen LogP contribution >= 0.6 is 0 Å². The van der Waals surface area contributed by atoms with Gasteiger partial charge in [0.15, 0.2) is 0 Å². The molecular formula is C52H36N4O4. The summed E-state index contributed by atoms with van der Waals surface area (Å²) in [5, 5.41) is 15.8. The maximum atomic E-state index is 14.2. The van der Waals surface area contributed by atoms with E-state index in [0.717, 1.165) is 88.3 Å². The molecule has 0 saturated heterocycles. The van der Waals surface area contributed by atoms with E-state index in [0.29, 0.717) is 47.2 Å². The molecule has 8 nitrogen and oxygen atoms in total. The van der Waals surface area contributed by atoms with Gasteiger partial charge in [-0.15, -0.1) is 0 Å². The smallest absolute Gasteiger partial charge is 0.267 e. The quantitative estimate of drug-likeness (QED) is 0.133. The lowest BCUT2D eigenvalue weighted by Gasteiger charge is -2.25. The molecule has 8 heteroatoms. The first-order chi connectivity index (χ1) is 29.5. The lowest BCUT2D eigenvalue weighted by molar-refractivity contribution is 0.947. The molecule has 0 aliphatic heterocycles. The Morgan fingerprint density at radius 2 is 0.450 bits per heavy atom. The molecule has 2 aliphatic carbocycles. The predicted molar refractivity (Wildman–Crippen MR) is 242 cm³/mol. The van der Waals surface area contributed by atoms with Gasteiger partial charge in [0, 0.05) is 22.3 Å². The zero-order valence-electron chi connectivity index (χ0n) is 32.3. The number of aryl methyl sites for hydroxylation is 4. The van der Waals surface area contributed by atoms with Crippen LogP contribution in [0.25, 0.3) is 87.6 Å². The first kappa shape index (κ1) is 35.3. The van der Waals surface area contributed by atoms with Crippen LogP contribution < -0.4 is 22.2 Å². The Labute approximate surface area is 341 Å². The molecule has 0 unspecified atom stereocenters. The molecule has 0 spiro atoms. The van der Waals surface area contributed by atoms with Crippen molar-refractivity contribution in [1.29, 1.82) is 0 Å². The fourth-order valence-corrected chi connectivity index (χ4v) is 9.85. The third-order valence-corrected chi connectivity index (χ3v) is 12.3. The molecule has 2 heterocycles. The summed E-state index contributed by atoms with van der Waals surface area (Å²) in [6.45, 7) is 0. The van der Waals surface area contributed by atoms with E-state index in [1.54, 1.807) is 0 Å². The van der Waals surface area contributed by atoms with E-state index >= 15 is 0 Å². The summed E-state index contributed by atoms with van der Waals surface area (Å²) in [5.41, 5.74) is 8.96. The minimum Gasteiger partial charge on any atom is -0.267 e. The lowest BCUT2D eigenvalue weighted by Crippen LogP contribution is -2.21. The van der Waals surface area contributed by atoms with Crippen LogP contribution in [0, 0.1) is 0 Å². The number of aromatic nitrogens is 4. The minimum absolute atomic E-state index is 0.352. The van der Waals surface area contributed by atoms with Crippen LogP contribution in [0.15, 0.2) is 165 Å². The van der Waals surface area contributed by atoms with E-state index in [1.807, 2.05) is 121 Å². The Kier molecular flexibility index (Phi) is 8.20. The minimum atomic E-state index is -0.367. The first-order valence-electron chi connectivity index (χ1n) is 20.2. The summed E-state index contributed by atoms with van der Waals surface area (Å²) >= 11 is 0. The highest BCUT2D eigenvalue weighted by Gasteiger charge is 2.28. The van der Waals surface area contributed by atoms with Crippen LogP contribution in [0.2, 0.25) is 0 Å². The predicted octanol–water partition coefficient (Wildman–Crippen LogP) is 9.60. The van der Waals surface area contributed by atoms with Crippen LogP contribution in [0.4, 0.5) is 0 Å². The highest BCUT2D eigenvalue weighted by molar-refractivity contribution is 6.24. The zero-order valence-corrected chi connectivity index (χ0v) is 32.3. The van der Waals surface area contributed by atoms with E-state index in [2.05, 4.69) is 44.7 Å². The van der Waals surface area contributed by atoms with Crippen molar-refractivity contribution in [2.75, 3.05) is 0 Å². The number of benzene rings is 8. The second kappa shape index (κ2) is 13.9. The Morgan fingerprint density at radius 3 is 0.650 bits per heavy atom. The Balaban J connectivity index is 1.32. The molecule has 0 radical (unpaired) electrons. The van der Waals surface area contributed by atoms with Gasteiger partial charge in [-0.25, -0.2) is 0 Å². The summed E-state index contributed by atoms with van der Waals surface area (Å²) in [6.07, 6.45) is 2.30. The van der Waals surface area contributed by atoms with E-state index < -0.39 is 0 Å². The molecule has 10 aromatic rings. The summed E-state index contributed by atoms with van der Waals surface area (Å²) in [4.78, 5) is 56.7. The van der Waals surface area contributed by atoms with Crippen molar-refractivity contribution in [2.45, 2.75) is 25.7 Å². The van der Waals surface area contributed by atoms with Crippen LogP contribution in [-0.4, -0.2) is 20.4 Å². The van der Waals surface area contributed by atoms with E-state index in [9.17, 15) is 19.2 Å². The molecule has 4 N–H and O–H groups in total. The first-order valence-corrected chi connectivity index (χ1v) is 20.2. The van der Waals surface area contributed by atoms with Gasteiger partial charge < -0.3 is 0 Å². The zero-order chi connectivity index (χ0) is 40.5. The number of nitrogens with one attached hydrogen (secondary N) is 4. The Morgan fingerprint density at radius 1 is 0.250 bits per heavy atom. The molecular weight excluding hydrogens is 745 g/mol. The molecule has 0 atom stereocenters. The van der Waals surface area contributed by atoms with Crippen LogP contribution in [-0.2, 0) is 25.7 Å². The Bertz CT molecular complexity index is 3130. The van der Waals surface area contributed by atoms with Gasteiger partial charge in [0.1, 0.15) is 0 Å². The number of hydrogen-bond donors (Lipinski definition) is 4. The molecule has 0 saturated carbocycles. The number of fused-ring (bicyclic) bond motifs is 6. The highest BCUT2D eigenvalue weighted by Crippen LogP contribution is 2.48. The van der Waals surface area contributed by atoms with E-state index in [4.69, 9.17) is 0 Å². The topological polar surface area (TPSA) is 131 Å². The van der Waals surface area contributed by atoms with Crippen molar-refractivity contribution in [2.24, 2.45) is 0 Å². The maximum Gasteiger partial charge on any atom is 0.271 e. The summed E-state index contributed by atoms with van der Waals surface area (Å²) in [5.74, 6) is 0. The number of hydrogen-bond acceptors (Lipinski definition) is 4. The average Bonchev–Trinajstić information content (AvgIpc) is 3.29. The molecule has 0 fully saturated rings. The summed E-state index contributed by atoms with van der Waals surface area (Å²) < 4.78 is 0. The average molecular weight is 781 g/mol. The van der Waals surface area contributed by atoms with Gasteiger partial charge in [0.05, 0.1) is 21.5 Å². The largest absolute Gasteiger partial charge is 0.271 e. The molecule has 12 rings (SSSR count). The SMILES string of the molecule is O=c1[nH][nH]c(=O)c2c(-c3ccccc3)c3c4ccc(c3c(-c3ccccc3)c12)CCc1ccc(c2c(-c3ccccc3)c3c(=O)[nH][nH]c(=O)c3c(-c3ccccc3)c12)CC4. The van der Waals surface area contributed by atoms with Gasteiger partial charge in [-0.05, 0) is 91.7 Å². The fourth-order valence-electron chi connectivity index (χ4n) is 9.85. The van der Waals surface area contributed by atoms with Crippen LogP contribution in [0.1, 0.15) is 22.3 Å². The second-order valence-corrected chi connectivity index (χ2v) is 15.5. The molecule has 2 aromatic heterocycles. The third-order valence-electron chi connectivity index (χ3n) is 12.3. The van der Waals surface area contributed by atoms with Gasteiger partial charge in [-0.3, -0.25) is 39.6 Å². The van der Waals surface area contributed by atoms with Crippen molar-refractivity contribution in [3.05, 3.63) is 209 Å². The highest BCUT2D eigenvalue weighted by atomic mass is 16.2. The molecule has 4 bridgehead atoms. The normalized spacial score (nSPS) is 12.7. The summed E-state index contributed by atoms with van der Waals surface area (Å²) in [7, 11) is 0. The van der Waals surface area contributed by atoms with Crippen molar-refractivity contribution < 1.29 is 0 Å². The van der Waals surface area contributed by atoms with Gasteiger partial charge in [0.25, 0.3) is 22.2 Å². The molecule has 8 aromatic carbocycles. The standard InChI is InChI=1S/C52H36N4O4/c57-49-45-41(29-13-5-1-6-14-29)37-33-21-22-34(38(37)42(30-15-7-2-8-16-30)46(45)50(58)54-53-49)27-28-36-24-23-35(26-25-33)39-40(36)44(32-19-11-4-12-20-32)48-47(51(59)55-56-52(48)60)43(39)31-17-9-3-10-18-31/h1-24H,25-28H2,(H,53,57)(H,54,58)(H,55,59)(H,56,60).